The number of rotatable bonds is 3. The summed E-state index contributed by atoms with van der Waals surface area (Å²) in [6.45, 7) is 0. The molecule has 0 saturated heterocycles. The van der Waals surface area contributed by atoms with Crippen molar-refractivity contribution < 1.29 is 5.11 Å². The Hall–Kier alpha value is -0.780. The van der Waals surface area contributed by atoms with E-state index in [0.717, 1.165) is 43.0 Å². The Kier molecular flexibility index (Phi) is 3.91. The van der Waals surface area contributed by atoms with Crippen molar-refractivity contribution in [2.45, 2.75) is 44.1 Å². The first-order valence-corrected chi connectivity index (χ1v) is 6.85. The molecule has 1 atom stereocenters. The van der Waals surface area contributed by atoms with Crippen molar-refractivity contribution in [1.29, 1.82) is 0 Å². The number of terminal acetylenes is 1. The summed E-state index contributed by atoms with van der Waals surface area (Å²) >= 11 is 3.49. The number of aliphatic hydroxyl groups is 1. The molecule has 0 spiro atoms. The van der Waals surface area contributed by atoms with Gasteiger partial charge in [-0.15, -0.1) is 12.3 Å². The molecule has 0 aromatic heterocycles. The number of fused-ring (bicyclic) bond motifs is 1. The molecule has 0 radical (unpaired) electrons. The average Bonchev–Trinajstić information content (AvgIpc) is 2.30. The lowest BCUT2D eigenvalue weighted by molar-refractivity contribution is 0.0164. The minimum atomic E-state index is -0.544. The predicted octanol–water partition coefficient (Wildman–Crippen LogP) is 3.47. The second-order valence-corrected chi connectivity index (χ2v) is 5.79. The van der Waals surface area contributed by atoms with Gasteiger partial charge >= 0.3 is 0 Å². The molecule has 1 nitrogen and oxygen atoms in total. The molecular weight excluding hydrogens is 276 g/mol. The smallest absolute Gasteiger partial charge is 0.0691 e. The Balaban J connectivity index is 2.07. The molecule has 0 aliphatic heterocycles. The van der Waals surface area contributed by atoms with Gasteiger partial charge in [-0.1, -0.05) is 22.0 Å². The molecule has 1 aromatic carbocycles. The van der Waals surface area contributed by atoms with Gasteiger partial charge in [-0.3, -0.25) is 0 Å². The molecule has 2 heteroatoms. The molecule has 1 aliphatic rings. The third-order valence-corrected chi connectivity index (χ3v) is 4.00. The molecule has 90 valence electrons. The lowest BCUT2D eigenvalue weighted by Gasteiger charge is -2.33. The van der Waals surface area contributed by atoms with Gasteiger partial charge in [-0.25, -0.2) is 0 Å². The maximum atomic E-state index is 10.5. The fourth-order valence-electron chi connectivity index (χ4n) is 2.54. The van der Waals surface area contributed by atoms with Crippen LogP contribution in [0.1, 0.15) is 36.8 Å². The predicted molar refractivity (Wildman–Crippen MR) is 73.8 cm³/mol. The first kappa shape index (κ1) is 12.7. The molecule has 0 bridgehead atoms. The van der Waals surface area contributed by atoms with Crippen LogP contribution in [0.5, 0.6) is 0 Å². The fraction of sp³-hybridized carbons (Fsp3) is 0.467. The van der Waals surface area contributed by atoms with E-state index >= 15 is 0 Å². The maximum Gasteiger partial charge on any atom is 0.0691 e. The zero-order valence-electron chi connectivity index (χ0n) is 9.88. The molecule has 0 heterocycles. The van der Waals surface area contributed by atoms with Crippen LogP contribution in [-0.2, 0) is 12.8 Å². The van der Waals surface area contributed by atoms with Crippen molar-refractivity contribution >= 4 is 15.9 Å². The van der Waals surface area contributed by atoms with Crippen LogP contribution in [0.2, 0.25) is 0 Å². The summed E-state index contributed by atoms with van der Waals surface area (Å²) in [5.74, 6) is 2.63. The van der Waals surface area contributed by atoms with Crippen molar-refractivity contribution in [3.05, 3.63) is 33.8 Å². The van der Waals surface area contributed by atoms with Gasteiger partial charge in [-0.05, 0) is 48.9 Å². The summed E-state index contributed by atoms with van der Waals surface area (Å²) < 4.78 is 1.12. The fourth-order valence-corrected chi connectivity index (χ4v) is 2.95. The van der Waals surface area contributed by atoms with E-state index in [2.05, 4.69) is 34.0 Å². The normalized spacial score (nSPS) is 22.9. The maximum absolute atomic E-state index is 10.5. The van der Waals surface area contributed by atoms with Crippen LogP contribution >= 0.6 is 15.9 Å². The van der Waals surface area contributed by atoms with Gasteiger partial charge in [0.1, 0.15) is 0 Å². The second kappa shape index (κ2) is 5.25. The SMILES string of the molecule is C#CCCCC1(O)CCc2cc(Br)ccc2C1. The van der Waals surface area contributed by atoms with E-state index in [9.17, 15) is 5.11 Å². The van der Waals surface area contributed by atoms with E-state index < -0.39 is 5.60 Å². The van der Waals surface area contributed by atoms with Crippen LogP contribution in [0.4, 0.5) is 0 Å². The summed E-state index contributed by atoms with van der Waals surface area (Å²) in [7, 11) is 0. The molecular formula is C15H17BrO. The Morgan fingerprint density at radius 3 is 3.00 bits per heavy atom. The van der Waals surface area contributed by atoms with E-state index in [1.54, 1.807) is 0 Å². The van der Waals surface area contributed by atoms with Gasteiger partial charge in [0.05, 0.1) is 5.60 Å². The van der Waals surface area contributed by atoms with Crippen LogP contribution in [0.3, 0.4) is 0 Å². The topological polar surface area (TPSA) is 20.2 Å². The Labute approximate surface area is 111 Å². The highest BCUT2D eigenvalue weighted by Crippen LogP contribution is 2.33. The molecule has 1 unspecified atom stereocenters. The highest BCUT2D eigenvalue weighted by atomic mass is 79.9. The van der Waals surface area contributed by atoms with Gasteiger partial charge in [0.2, 0.25) is 0 Å². The van der Waals surface area contributed by atoms with Gasteiger partial charge < -0.3 is 5.11 Å². The van der Waals surface area contributed by atoms with E-state index in [4.69, 9.17) is 6.42 Å². The minimum Gasteiger partial charge on any atom is -0.390 e. The number of halogens is 1. The van der Waals surface area contributed by atoms with Crippen LogP contribution < -0.4 is 0 Å². The monoisotopic (exact) mass is 292 g/mol. The lowest BCUT2D eigenvalue weighted by Crippen LogP contribution is -2.35. The van der Waals surface area contributed by atoms with E-state index in [1.165, 1.54) is 11.1 Å². The number of hydrogen-bond donors (Lipinski definition) is 1. The van der Waals surface area contributed by atoms with Crippen molar-refractivity contribution in [2.24, 2.45) is 0 Å². The van der Waals surface area contributed by atoms with Gasteiger partial charge in [-0.2, -0.15) is 0 Å². The highest BCUT2D eigenvalue weighted by Gasteiger charge is 2.31. The summed E-state index contributed by atoms with van der Waals surface area (Å²) in [5.41, 5.74) is 2.10. The number of benzene rings is 1. The highest BCUT2D eigenvalue weighted by molar-refractivity contribution is 9.10. The standard InChI is InChI=1S/C15H17BrO/c1-2-3-4-8-15(17)9-7-12-10-14(16)6-5-13(12)11-15/h1,5-6,10,17H,3-4,7-9,11H2. The summed E-state index contributed by atoms with van der Waals surface area (Å²) in [6.07, 6.45) is 10.3. The van der Waals surface area contributed by atoms with Crippen LogP contribution in [0, 0.1) is 12.3 Å². The molecule has 1 aliphatic carbocycles. The second-order valence-electron chi connectivity index (χ2n) is 4.87. The van der Waals surface area contributed by atoms with Crippen LogP contribution in [0.15, 0.2) is 22.7 Å². The largest absolute Gasteiger partial charge is 0.390 e. The van der Waals surface area contributed by atoms with Crippen molar-refractivity contribution in [3.63, 3.8) is 0 Å². The number of hydrogen-bond acceptors (Lipinski definition) is 1. The Morgan fingerprint density at radius 1 is 1.41 bits per heavy atom. The first-order valence-electron chi connectivity index (χ1n) is 6.06. The number of unbranched alkanes of at least 4 members (excludes halogenated alkanes) is 1. The Morgan fingerprint density at radius 2 is 2.24 bits per heavy atom. The van der Waals surface area contributed by atoms with E-state index in [0.29, 0.717) is 0 Å². The van der Waals surface area contributed by atoms with Crippen LogP contribution in [0.25, 0.3) is 0 Å². The number of aryl methyl sites for hydroxylation is 1. The molecule has 2 rings (SSSR count). The van der Waals surface area contributed by atoms with Crippen molar-refractivity contribution in [1.82, 2.24) is 0 Å². The third-order valence-electron chi connectivity index (χ3n) is 3.51. The van der Waals surface area contributed by atoms with Crippen molar-refractivity contribution in [3.8, 4) is 12.3 Å². The quantitative estimate of drug-likeness (QED) is 0.668. The summed E-state index contributed by atoms with van der Waals surface area (Å²) in [4.78, 5) is 0. The summed E-state index contributed by atoms with van der Waals surface area (Å²) in [5, 5.41) is 10.5. The van der Waals surface area contributed by atoms with E-state index in [-0.39, 0.29) is 0 Å². The average molecular weight is 293 g/mol. The first-order chi connectivity index (χ1) is 8.13. The molecule has 1 N–H and O–H groups in total. The molecule has 0 saturated carbocycles. The molecule has 1 aromatic rings. The molecule has 0 fully saturated rings. The zero-order valence-corrected chi connectivity index (χ0v) is 11.5. The van der Waals surface area contributed by atoms with E-state index in [1.807, 2.05) is 6.07 Å². The third kappa shape index (κ3) is 3.12. The zero-order chi connectivity index (χ0) is 12.3. The van der Waals surface area contributed by atoms with Gasteiger partial charge in [0.25, 0.3) is 0 Å². The van der Waals surface area contributed by atoms with Gasteiger partial charge in [0, 0.05) is 17.3 Å². The molecule has 17 heavy (non-hydrogen) atoms. The molecule has 0 amide bonds. The lowest BCUT2D eigenvalue weighted by atomic mass is 9.78. The van der Waals surface area contributed by atoms with Crippen LogP contribution in [-0.4, -0.2) is 10.7 Å². The Bertz CT molecular complexity index is 447. The van der Waals surface area contributed by atoms with Gasteiger partial charge in [0.15, 0.2) is 0 Å². The summed E-state index contributed by atoms with van der Waals surface area (Å²) in [6, 6.07) is 6.33. The minimum absolute atomic E-state index is 0.544. The van der Waals surface area contributed by atoms with Crippen molar-refractivity contribution in [2.75, 3.05) is 0 Å².